The van der Waals surface area contributed by atoms with Crippen LogP contribution in [0.5, 0.6) is 0 Å². The van der Waals surface area contributed by atoms with Crippen LogP contribution >= 0.6 is 0 Å². The van der Waals surface area contributed by atoms with Crippen molar-refractivity contribution in [2.24, 2.45) is 0 Å². The van der Waals surface area contributed by atoms with Gasteiger partial charge in [-0.05, 0) is 24.6 Å². The molecule has 1 aromatic rings. The molecule has 0 aliphatic rings. The van der Waals surface area contributed by atoms with Gasteiger partial charge in [0.05, 0.1) is 5.56 Å². The van der Waals surface area contributed by atoms with Gasteiger partial charge in [0.25, 0.3) is 0 Å². The third kappa shape index (κ3) is 2.33. The Hall–Kier alpha value is -1.77. The molecule has 0 atom stereocenters. The second kappa shape index (κ2) is 4.30. The molecule has 2 nitrogen and oxygen atoms in total. The fraction of sp³-hybridized carbons (Fsp3) is 0.182. The van der Waals surface area contributed by atoms with Crippen LogP contribution in [-0.4, -0.2) is 11.7 Å². The Balaban J connectivity index is 3.16. The zero-order chi connectivity index (χ0) is 9.68. The summed E-state index contributed by atoms with van der Waals surface area (Å²) in [7, 11) is 0. The maximum Gasteiger partial charge on any atom is 0.104 e. The van der Waals surface area contributed by atoms with E-state index < -0.39 is 0 Å². The first-order chi connectivity index (χ1) is 6.27. The fourth-order valence-electron chi connectivity index (χ4n) is 0.994. The van der Waals surface area contributed by atoms with Gasteiger partial charge < -0.3 is 5.11 Å². The molecule has 0 saturated carbocycles. The maximum absolute atomic E-state index is 8.76. The highest BCUT2D eigenvalue weighted by molar-refractivity contribution is 5.49. The Morgan fingerprint density at radius 1 is 1.38 bits per heavy atom. The number of aryl methyl sites for hydroxylation is 1. The third-order valence-corrected chi connectivity index (χ3v) is 1.60. The van der Waals surface area contributed by atoms with Crippen LogP contribution in [0.15, 0.2) is 18.2 Å². The molecule has 13 heavy (non-hydrogen) atoms. The van der Waals surface area contributed by atoms with E-state index in [1.165, 1.54) is 0 Å². The Labute approximate surface area is 77.4 Å². The van der Waals surface area contributed by atoms with Crippen molar-refractivity contribution in [2.45, 2.75) is 6.92 Å². The number of nitriles is 1. The summed E-state index contributed by atoms with van der Waals surface area (Å²) in [4.78, 5) is 0. The topological polar surface area (TPSA) is 44.0 Å². The van der Waals surface area contributed by atoms with Crippen LogP contribution in [0, 0.1) is 30.1 Å². The largest absolute Gasteiger partial charge is 0.384 e. The van der Waals surface area contributed by atoms with E-state index in [9.17, 15) is 0 Å². The smallest absolute Gasteiger partial charge is 0.104 e. The summed E-state index contributed by atoms with van der Waals surface area (Å²) in [5.41, 5.74) is 2.26. The molecule has 0 aromatic heterocycles. The van der Waals surface area contributed by atoms with Crippen molar-refractivity contribution in [3.63, 3.8) is 0 Å². The molecule has 0 fully saturated rings. The van der Waals surface area contributed by atoms with Crippen LogP contribution in [0.3, 0.4) is 0 Å². The molecule has 0 aliphatic heterocycles. The second-order valence-electron chi connectivity index (χ2n) is 2.62. The van der Waals surface area contributed by atoms with E-state index in [4.69, 9.17) is 10.4 Å². The molecular formula is C11H9NO. The second-order valence-corrected chi connectivity index (χ2v) is 2.62. The number of aliphatic hydroxyl groups excluding tert-OH is 1. The first-order valence-corrected chi connectivity index (χ1v) is 3.88. The number of rotatable bonds is 0. The van der Waals surface area contributed by atoms with Gasteiger partial charge in [0.2, 0.25) is 0 Å². The molecule has 1 aromatic carbocycles. The predicted octanol–water partition coefficient (Wildman–Crippen LogP) is 1.21. The minimum atomic E-state index is -0.182. The van der Waals surface area contributed by atoms with E-state index in [1.54, 1.807) is 12.1 Å². The van der Waals surface area contributed by atoms with Crippen LogP contribution in [0.1, 0.15) is 16.7 Å². The molecule has 0 spiro atoms. The Morgan fingerprint density at radius 3 is 2.77 bits per heavy atom. The molecule has 0 saturated heterocycles. The van der Waals surface area contributed by atoms with Crippen molar-refractivity contribution < 1.29 is 5.11 Å². The average Bonchev–Trinajstić information content (AvgIpc) is 2.16. The third-order valence-electron chi connectivity index (χ3n) is 1.60. The predicted molar refractivity (Wildman–Crippen MR) is 49.9 cm³/mol. The van der Waals surface area contributed by atoms with Crippen molar-refractivity contribution in [3.8, 4) is 17.9 Å². The zero-order valence-electron chi connectivity index (χ0n) is 7.33. The Morgan fingerprint density at radius 2 is 2.15 bits per heavy atom. The van der Waals surface area contributed by atoms with E-state index in [0.717, 1.165) is 5.56 Å². The quantitative estimate of drug-likeness (QED) is 0.596. The number of benzene rings is 1. The number of hydrogen-bond donors (Lipinski definition) is 1. The van der Waals surface area contributed by atoms with E-state index in [1.807, 2.05) is 13.0 Å². The summed E-state index contributed by atoms with van der Waals surface area (Å²) >= 11 is 0. The van der Waals surface area contributed by atoms with Crippen LogP contribution in [0.2, 0.25) is 0 Å². The first kappa shape index (κ1) is 9.32. The SMILES string of the molecule is Cc1ccc(C#CCO)c(C#N)c1. The molecule has 1 rings (SSSR count). The number of nitrogens with zero attached hydrogens (tertiary/aromatic N) is 1. The molecule has 1 N–H and O–H groups in total. The molecule has 0 bridgehead atoms. The molecule has 0 radical (unpaired) electrons. The van der Waals surface area contributed by atoms with Gasteiger partial charge >= 0.3 is 0 Å². The zero-order valence-corrected chi connectivity index (χ0v) is 7.33. The lowest BCUT2D eigenvalue weighted by Gasteiger charge is -1.96. The molecular weight excluding hydrogens is 162 g/mol. The molecule has 0 aliphatic carbocycles. The van der Waals surface area contributed by atoms with E-state index in [2.05, 4.69) is 17.9 Å². The molecule has 0 amide bonds. The van der Waals surface area contributed by atoms with Gasteiger partial charge in [0.1, 0.15) is 12.7 Å². The van der Waals surface area contributed by atoms with Gasteiger partial charge in [0.15, 0.2) is 0 Å². The van der Waals surface area contributed by atoms with Crippen LogP contribution < -0.4 is 0 Å². The summed E-state index contributed by atoms with van der Waals surface area (Å²) < 4.78 is 0. The summed E-state index contributed by atoms with van der Waals surface area (Å²) in [6.07, 6.45) is 0. The average molecular weight is 171 g/mol. The number of hydrogen-bond acceptors (Lipinski definition) is 2. The summed E-state index contributed by atoms with van der Waals surface area (Å²) in [5.74, 6) is 5.23. The van der Waals surface area contributed by atoms with Crippen molar-refractivity contribution in [3.05, 3.63) is 34.9 Å². The normalized spacial score (nSPS) is 8.38. The van der Waals surface area contributed by atoms with Crippen molar-refractivity contribution in [1.82, 2.24) is 0 Å². The molecule has 2 heteroatoms. The minimum Gasteiger partial charge on any atom is -0.384 e. The van der Waals surface area contributed by atoms with E-state index in [0.29, 0.717) is 11.1 Å². The highest BCUT2D eigenvalue weighted by atomic mass is 16.2. The minimum absolute atomic E-state index is 0.182. The van der Waals surface area contributed by atoms with Crippen molar-refractivity contribution >= 4 is 0 Å². The van der Waals surface area contributed by atoms with Crippen molar-refractivity contribution in [1.29, 1.82) is 5.26 Å². The molecule has 0 heterocycles. The Bertz CT molecular complexity index is 404. The van der Waals surface area contributed by atoms with E-state index in [-0.39, 0.29) is 6.61 Å². The standard InChI is InChI=1S/C11H9NO/c1-9-4-5-10(3-2-6-13)11(7-9)8-12/h4-5,7,13H,6H2,1H3. The number of aliphatic hydroxyl groups is 1. The Kier molecular flexibility index (Phi) is 3.09. The molecule has 0 unspecified atom stereocenters. The highest BCUT2D eigenvalue weighted by Gasteiger charge is 1.97. The lowest BCUT2D eigenvalue weighted by Crippen LogP contribution is -1.85. The highest BCUT2D eigenvalue weighted by Crippen LogP contribution is 2.08. The fourth-order valence-corrected chi connectivity index (χ4v) is 0.994. The first-order valence-electron chi connectivity index (χ1n) is 3.88. The lowest BCUT2D eigenvalue weighted by atomic mass is 10.1. The molecule has 64 valence electrons. The summed E-state index contributed by atoms with van der Waals surface area (Å²) in [6, 6.07) is 7.52. The van der Waals surface area contributed by atoms with Crippen LogP contribution in [0.4, 0.5) is 0 Å². The van der Waals surface area contributed by atoms with E-state index >= 15 is 0 Å². The van der Waals surface area contributed by atoms with Gasteiger partial charge in [-0.3, -0.25) is 0 Å². The van der Waals surface area contributed by atoms with Crippen molar-refractivity contribution in [2.75, 3.05) is 6.61 Å². The van der Waals surface area contributed by atoms with Gasteiger partial charge in [-0.25, -0.2) is 0 Å². The van der Waals surface area contributed by atoms with Gasteiger partial charge in [-0.2, -0.15) is 5.26 Å². The van der Waals surface area contributed by atoms with Crippen LogP contribution in [0.25, 0.3) is 0 Å². The summed E-state index contributed by atoms with van der Waals surface area (Å²) in [5, 5.41) is 17.3. The van der Waals surface area contributed by atoms with Gasteiger partial charge in [-0.15, -0.1) is 0 Å². The van der Waals surface area contributed by atoms with Crippen LogP contribution in [-0.2, 0) is 0 Å². The van der Waals surface area contributed by atoms with Gasteiger partial charge in [-0.1, -0.05) is 17.9 Å². The van der Waals surface area contributed by atoms with Gasteiger partial charge in [0, 0.05) is 5.56 Å². The maximum atomic E-state index is 8.76. The summed E-state index contributed by atoms with van der Waals surface area (Å²) in [6.45, 7) is 1.74. The lowest BCUT2D eigenvalue weighted by molar-refractivity contribution is 0.350. The monoisotopic (exact) mass is 171 g/mol.